The monoisotopic (exact) mass is 492 g/mol. The molecule has 1 heteroatoms. The molecule has 9 unspecified atom stereocenters. The maximum Gasteiger partial charge on any atom is 0.0541 e. The predicted octanol–water partition coefficient (Wildman–Crippen LogP) is 10.9. The van der Waals surface area contributed by atoms with Gasteiger partial charge in [-0.1, -0.05) is 121 Å². The van der Waals surface area contributed by atoms with E-state index in [4.69, 9.17) is 0 Å². The van der Waals surface area contributed by atoms with Gasteiger partial charge >= 0.3 is 0 Å². The van der Waals surface area contributed by atoms with Crippen LogP contribution in [0.15, 0.2) is 30.3 Å². The van der Waals surface area contributed by atoms with Gasteiger partial charge in [-0.25, -0.2) is 0 Å². The summed E-state index contributed by atoms with van der Waals surface area (Å²) in [6, 6.07) is 11.5. The van der Waals surface area contributed by atoms with Gasteiger partial charge in [-0.15, -0.1) is 0 Å². The van der Waals surface area contributed by atoms with Crippen molar-refractivity contribution in [3.63, 3.8) is 0 Å². The van der Waals surface area contributed by atoms with E-state index in [0.29, 0.717) is 0 Å². The number of hydrogen-bond donors (Lipinski definition) is 0. The molecule has 1 aromatic carbocycles. The summed E-state index contributed by atoms with van der Waals surface area (Å²) in [4.78, 5) is 0. The first-order valence-corrected chi connectivity index (χ1v) is 19.2. The highest BCUT2D eigenvalue weighted by atomic mass is 28.3. The summed E-state index contributed by atoms with van der Waals surface area (Å²) in [5.41, 5.74) is 3.83. The zero-order valence-corrected chi connectivity index (χ0v) is 24.7. The molecule has 0 amide bonds. The van der Waals surface area contributed by atoms with Gasteiger partial charge < -0.3 is 0 Å². The molecule has 196 valence electrons. The average Bonchev–Trinajstić information content (AvgIpc) is 3.45. The van der Waals surface area contributed by atoms with E-state index in [1.54, 1.807) is 50.5 Å². The smallest absolute Gasteiger partial charge is 0.0541 e. The quantitative estimate of drug-likeness (QED) is 0.237. The van der Waals surface area contributed by atoms with Gasteiger partial charge in [-0.05, 0) is 90.2 Å². The van der Waals surface area contributed by atoms with E-state index < -0.39 is 8.07 Å². The fourth-order valence-electron chi connectivity index (χ4n) is 10.5. The minimum absolute atomic E-state index is 0.726. The van der Waals surface area contributed by atoms with Crippen molar-refractivity contribution in [1.82, 2.24) is 0 Å². The number of rotatable bonds is 9. The molecule has 0 heterocycles. The van der Waals surface area contributed by atoms with Crippen molar-refractivity contribution in [2.45, 2.75) is 140 Å². The van der Waals surface area contributed by atoms with Gasteiger partial charge in [0.05, 0.1) is 8.07 Å². The Morgan fingerprint density at radius 3 is 1.89 bits per heavy atom. The van der Waals surface area contributed by atoms with Crippen LogP contribution in [-0.4, -0.2) is 8.07 Å². The summed E-state index contributed by atoms with van der Waals surface area (Å²) in [5.74, 6) is 7.16. The zero-order chi connectivity index (χ0) is 24.4. The number of benzene rings is 1. The minimum Gasteiger partial charge on any atom is -0.0689 e. The van der Waals surface area contributed by atoms with Gasteiger partial charge in [0, 0.05) is 0 Å². The van der Waals surface area contributed by atoms with Crippen LogP contribution in [0.3, 0.4) is 0 Å². The lowest BCUT2D eigenvalue weighted by Crippen LogP contribution is -2.43. The molecule has 0 aliphatic heterocycles. The third-order valence-electron chi connectivity index (χ3n) is 12.2. The summed E-state index contributed by atoms with van der Waals surface area (Å²) < 4.78 is 0. The Kier molecular flexibility index (Phi) is 8.52. The predicted molar refractivity (Wildman–Crippen MR) is 156 cm³/mol. The fraction of sp³-hybridized carbons (Fsp3) is 0.824. The topological polar surface area (TPSA) is 0 Å². The lowest BCUT2D eigenvalue weighted by Gasteiger charge is -2.45. The summed E-state index contributed by atoms with van der Waals surface area (Å²) in [7, 11) is -1.32. The Bertz CT molecular complexity index is 783. The largest absolute Gasteiger partial charge is 0.0689 e. The molecule has 4 aliphatic rings. The Labute approximate surface area is 219 Å². The van der Waals surface area contributed by atoms with Crippen LogP contribution < -0.4 is 0 Å². The number of unbranched alkanes of at least 4 members (excludes halogenated alkanes) is 2. The third kappa shape index (κ3) is 5.37. The minimum atomic E-state index is -1.32. The normalized spacial score (nSPS) is 38.2. The second kappa shape index (κ2) is 11.4. The lowest BCUT2D eigenvalue weighted by atomic mass is 9.75. The molecule has 9 atom stereocenters. The van der Waals surface area contributed by atoms with E-state index in [0.717, 1.165) is 52.5 Å². The van der Waals surface area contributed by atoms with Crippen molar-refractivity contribution < 1.29 is 0 Å². The van der Waals surface area contributed by atoms with Gasteiger partial charge in [-0.3, -0.25) is 0 Å². The summed E-state index contributed by atoms with van der Waals surface area (Å²) in [6.45, 7) is 10.7. The number of hydrogen-bond acceptors (Lipinski definition) is 0. The van der Waals surface area contributed by atoms with Gasteiger partial charge in [0.1, 0.15) is 0 Å². The van der Waals surface area contributed by atoms with E-state index in [1.165, 1.54) is 51.4 Å². The molecule has 4 saturated carbocycles. The van der Waals surface area contributed by atoms with Crippen molar-refractivity contribution in [2.24, 2.45) is 35.5 Å². The van der Waals surface area contributed by atoms with Crippen LogP contribution in [0, 0.1) is 35.5 Å². The van der Waals surface area contributed by atoms with Crippen LogP contribution in [0.1, 0.15) is 122 Å². The Morgan fingerprint density at radius 2 is 1.29 bits per heavy atom. The first-order chi connectivity index (χ1) is 17.0. The summed E-state index contributed by atoms with van der Waals surface area (Å²) in [5, 5.41) is 0. The van der Waals surface area contributed by atoms with Crippen LogP contribution >= 0.6 is 0 Å². The van der Waals surface area contributed by atoms with Gasteiger partial charge in [0.2, 0.25) is 0 Å². The Hall–Kier alpha value is -0.563. The molecule has 0 nitrogen and oxygen atoms in total. The van der Waals surface area contributed by atoms with Gasteiger partial charge in [-0.2, -0.15) is 0 Å². The second-order valence-corrected chi connectivity index (χ2v) is 19.4. The Morgan fingerprint density at radius 1 is 0.743 bits per heavy atom. The average molecular weight is 493 g/mol. The van der Waals surface area contributed by atoms with Crippen molar-refractivity contribution >= 4 is 8.07 Å². The Balaban J connectivity index is 1.33. The van der Waals surface area contributed by atoms with Gasteiger partial charge in [0.15, 0.2) is 0 Å². The fourth-order valence-corrected chi connectivity index (χ4v) is 15.9. The van der Waals surface area contributed by atoms with Crippen molar-refractivity contribution in [3.05, 3.63) is 35.9 Å². The van der Waals surface area contributed by atoms with E-state index in [1.807, 2.05) is 0 Å². The maximum atomic E-state index is 2.91. The number of fused-ring (bicyclic) bond motifs is 2. The third-order valence-corrected chi connectivity index (χ3v) is 17.4. The van der Waals surface area contributed by atoms with Crippen molar-refractivity contribution in [3.8, 4) is 0 Å². The first kappa shape index (κ1) is 26.1. The SMILES string of the molecule is CCCCCC1CC([Si](C)(C)C2CC(CC(C)c3ccccc3)C3CCCCC32)C2CCCCC12. The van der Waals surface area contributed by atoms with Crippen molar-refractivity contribution in [2.75, 3.05) is 0 Å². The molecular formula is C34H56Si. The van der Waals surface area contributed by atoms with E-state index in [2.05, 4.69) is 57.3 Å². The highest BCUT2D eigenvalue weighted by Crippen LogP contribution is 2.65. The first-order valence-electron chi connectivity index (χ1n) is 16.1. The van der Waals surface area contributed by atoms with E-state index >= 15 is 0 Å². The molecule has 0 aromatic heterocycles. The van der Waals surface area contributed by atoms with Crippen molar-refractivity contribution in [1.29, 1.82) is 0 Å². The molecule has 0 bridgehead atoms. The maximum absolute atomic E-state index is 2.91. The second-order valence-electron chi connectivity index (χ2n) is 14.3. The summed E-state index contributed by atoms with van der Waals surface area (Å²) in [6.07, 6.45) is 23.0. The van der Waals surface area contributed by atoms with Crippen LogP contribution in [0.25, 0.3) is 0 Å². The molecule has 4 fully saturated rings. The standard InChI is InChI=1S/C34H56Si/c1-5-6-8-17-27-23-33(31-20-13-11-18-29(27)31)35(3,4)34-24-28(30-19-12-14-21-32(30)34)22-25(2)26-15-9-7-10-16-26/h7,9-10,15-16,25,27-34H,5-6,8,11-14,17-24H2,1-4H3. The van der Waals surface area contributed by atoms with Gasteiger partial charge in [0.25, 0.3) is 0 Å². The zero-order valence-electron chi connectivity index (χ0n) is 23.7. The highest BCUT2D eigenvalue weighted by molar-refractivity contribution is 6.80. The molecular weight excluding hydrogens is 436 g/mol. The lowest BCUT2D eigenvalue weighted by molar-refractivity contribution is 0.211. The van der Waals surface area contributed by atoms with Crippen LogP contribution in [0.5, 0.6) is 0 Å². The molecule has 0 radical (unpaired) electrons. The molecule has 5 rings (SSSR count). The molecule has 4 aliphatic carbocycles. The molecule has 0 saturated heterocycles. The molecule has 0 spiro atoms. The van der Waals surface area contributed by atoms with E-state index in [9.17, 15) is 0 Å². The molecule has 0 N–H and O–H groups in total. The summed E-state index contributed by atoms with van der Waals surface area (Å²) >= 11 is 0. The molecule has 35 heavy (non-hydrogen) atoms. The van der Waals surface area contributed by atoms with Crippen LogP contribution in [-0.2, 0) is 0 Å². The van der Waals surface area contributed by atoms with Crippen LogP contribution in [0.2, 0.25) is 24.2 Å². The van der Waals surface area contributed by atoms with Crippen LogP contribution in [0.4, 0.5) is 0 Å². The molecule has 1 aromatic rings. The highest BCUT2D eigenvalue weighted by Gasteiger charge is 2.57. The van der Waals surface area contributed by atoms with E-state index in [-0.39, 0.29) is 0 Å².